The summed E-state index contributed by atoms with van der Waals surface area (Å²) in [5.74, 6) is 1.11. The van der Waals surface area contributed by atoms with Crippen LogP contribution in [0.4, 0.5) is 0 Å². The lowest BCUT2D eigenvalue weighted by atomic mass is 10.3. The summed E-state index contributed by atoms with van der Waals surface area (Å²) in [6.45, 7) is 0.525. The molecule has 4 rings (SSSR count). The van der Waals surface area contributed by atoms with Crippen molar-refractivity contribution in [3.63, 3.8) is 0 Å². The summed E-state index contributed by atoms with van der Waals surface area (Å²) in [7, 11) is 1.53. The van der Waals surface area contributed by atoms with Gasteiger partial charge >= 0.3 is 0 Å². The van der Waals surface area contributed by atoms with E-state index < -0.39 is 0 Å². The maximum absolute atomic E-state index is 12.5. The Kier molecular flexibility index (Phi) is 5.05. The number of imidazole rings is 1. The molecular formula is C21H21N5O2. The van der Waals surface area contributed by atoms with Crippen LogP contribution < -0.4 is 10.1 Å². The number of carbonyl (C=O) groups is 1. The molecule has 4 aromatic rings. The van der Waals surface area contributed by atoms with E-state index in [0.717, 1.165) is 35.4 Å². The highest BCUT2D eigenvalue weighted by Crippen LogP contribution is 2.19. The van der Waals surface area contributed by atoms with E-state index in [4.69, 9.17) is 4.74 Å². The third-order valence-electron chi connectivity index (χ3n) is 4.45. The molecule has 142 valence electrons. The quantitative estimate of drug-likeness (QED) is 0.486. The van der Waals surface area contributed by atoms with Gasteiger partial charge in [0, 0.05) is 13.0 Å². The summed E-state index contributed by atoms with van der Waals surface area (Å²) in [6.07, 6.45) is 3.23. The number of carbonyl (C=O) groups excluding carboxylic acids is 1. The van der Waals surface area contributed by atoms with Crippen LogP contribution in [0.5, 0.6) is 5.75 Å². The number of aromatic amines is 1. The van der Waals surface area contributed by atoms with Crippen molar-refractivity contribution in [1.82, 2.24) is 25.1 Å². The minimum absolute atomic E-state index is 0.254. The van der Waals surface area contributed by atoms with Gasteiger partial charge in [-0.05, 0) is 30.7 Å². The van der Waals surface area contributed by atoms with Crippen LogP contribution in [0.3, 0.4) is 0 Å². The third-order valence-corrected chi connectivity index (χ3v) is 4.45. The van der Waals surface area contributed by atoms with Gasteiger partial charge in [-0.15, -0.1) is 0 Å². The van der Waals surface area contributed by atoms with E-state index in [2.05, 4.69) is 20.4 Å². The van der Waals surface area contributed by atoms with Gasteiger partial charge in [-0.1, -0.05) is 30.3 Å². The zero-order valence-corrected chi connectivity index (χ0v) is 15.6. The van der Waals surface area contributed by atoms with Crippen LogP contribution in [0.2, 0.25) is 0 Å². The highest BCUT2D eigenvalue weighted by molar-refractivity contribution is 5.94. The molecule has 0 aliphatic carbocycles. The Morgan fingerprint density at radius 1 is 1.14 bits per heavy atom. The Morgan fingerprint density at radius 2 is 1.93 bits per heavy atom. The summed E-state index contributed by atoms with van der Waals surface area (Å²) < 4.78 is 6.96. The van der Waals surface area contributed by atoms with Crippen LogP contribution >= 0.6 is 0 Å². The first-order valence-corrected chi connectivity index (χ1v) is 9.15. The fourth-order valence-electron chi connectivity index (χ4n) is 3.04. The summed E-state index contributed by atoms with van der Waals surface area (Å²) >= 11 is 0. The average molecular weight is 375 g/mol. The van der Waals surface area contributed by atoms with Gasteiger partial charge in [-0.25, -0.2) is 9.67 Å². The first kappa shape index (κ1) is 17.8. The van der Waals surface area contributed by atoms with Crippen molar-refractivity contribution >= 4 is 16.9 Å². The van der Waals surface area contributed by atoms with Crippen LogP contribution in [-0.4, -0.2) is 39.3 Å². The lowest BCUT2D eigenvalue weighted by Gasteiger charge is -2.04. The molecule has 0 aliphatic heterocycles. The van der Waals surface area contributed by atoms with Gasteiger partial charge < -0.3 is 15.0 Å². The predicted octanol–water partition coefficient (Wildman–Crippen LogP) is 3.12. The van der Waals surface area contributed by atoms with E-state index in [-0.39, 0.29) is 11.6 Å². The minimum Gasteiger partial charge on any atom is -0.493 e. The molecule has 0 atom stereocenters. The number of aromatic nitrogens is 4. The van der Waals surface area contributed by atoms with Crippen molar-refractivity contribution in [1.29, 1.82) is 0 Å². The number of hydrogen-bond donors (Lipinski definition) is 2. The van der Waals surface area contributed by atoms with Gasteiger partial charge in [0.25, 0.3) is 5.91 Å². The summed E-state index contributed by atoms with van der Waals surface area (Å²) in [6, 6.07) is 17.5. The number of methoxy groups -OCH3 is 1. The van der Waals surface area contributed by atoms with Gasteiger partial charge in [0.15, 0.2) is 11.4 Å². The molecule has 0 saturated carbocycles. The number of ether oxygens (including phenoxy) is 1. The second-order valence-electron chi connectivity index (χ2n) is 6.39. The van der Waals surface area contributed by atoms with Crippen LogP contribution in [0.1, 0.15) is 22.7 Å². The minimum atomic E-state index is -0.254. The Balaban J connectivity index is 1.36. The molecular weight excluding hydrogens is 354 g/mol. The standard InChI is InChI=1S/C21H21N5O2/c1-28-18-14-26(15-8-3-2-4-9-15)25-20(18)21(27)22-13-7-12-19-23-16-10-5-6-11-17(16)24-19/h2-6,8-11,14H,7,12-13H2,1H3,(H,22,27)(H,23,24). The van der Waals surface area contributed by atoms with E-state index in [9.17, 15) is 4.79 Å². The lowest BCUT2D eigenvalue weighted by Crippen LogP contribution is -2.25. The number of amides is 1. The molecule has 1 amide bonds. The lowest BCUT2D eigenvalue weighted by molar-refractivity contribution is 0.0945. The highest BCUT2D eigenvalue weighted by atomic mass is 16.5. The van der Waals surface area contributed by atoms with Gasteiger partial charge in [0.05, 0.1) is 30.0 Å². The molecule has 7 nitrogen and oxygen atoms in total. The summed E-state index contributed by atoms with van der Waals surface area (Å²) in [5.41, 5.74) is 3.12. The zero-order valence-electron chi connectivity index (χ0n) is 15.6. The number of hydrogen-bond acceptors (Lipinski definition) is 4. The van der Waals surface area contributed by atoms with E-state index in [1.54, 1.807) is 10.9 Å². The first-order valence-electron chi connectivity index (χ1n) is 9.15. The Bertz CT molecular complexity index is 1050. The predicted molar refractivity (Wildman–Crippen MR) is 107 cm³/mol. The molecule has 2 N–H and O–H groups in total. The molecule has 2 aromatic heterocycles. The van der Waals surface area contributed by atoms with E-state index in [1.807, 2.05) is 54.6 Å². The Hall–Kier alpha value is -3.61. The monoisotopic (exact) mass is 375 g/mol. The number of nitrogens with one attached hydrogen (secondary N) is 2. The molecule has 0 unspecified atom stereocenters. The SMILES string of the molecule is COc1cn(-c2ccccc2)nc1C(=O)NCCCc1nc2ccccc2[nH]1. The number of H-pyrrole nitrogens is 1. The fraction of sp³-hybridized carbons (Fsp3) is 0.190. The van der Waals surface area contributed by atoms with Crippen molar-refractivity contribution in [3.8, 4) is 11.4 Å². The number of aryl methyl sites for hydroxylation is 1. The normalized spacial score (nSPS) is 10.9. The highest BCUT2D eigenvalue weighted by Gasteiger charge is 2.18. The molecule has 0 saturated heterocycles. The first-order chi connectivity index (χ1) is 13.7. The van der Waals surface area contributed by atoms with Crippen molar-refractivity contribution in [2.75, 3.05) is 13.7 Å². The van der Waals surface area contributed by atoms with E-state index >= 15 is 0 Å². The second-order valence-corrected chi connectivity index (χ2v) is 6.39. The Morgan fingerprint density at radius 3 is 2.71 bits per heavy atom. The van der Waals surface area contributed by atoms with E-state index in [0.29, 0.717) is 12.3 Å². The fourth-order valence-corrected chi connectivity index (χ4v) is 3.04. The maximum Gasteiger partial charge on any atom is 0.275 e. The molecule has 0 fully saturated rings. The molecule has 0 bridgehead atoms. The van der Waals surface area contributed by atoms with Crippen molar-refractivity contribution in [3.05, 3.63) is 72.3 Å². The van der Waals surface area contributed by atoms with Crippen LogP contribution in [-0.2, 0) is 6.42 Å². The largest absolute Gasteiger partial charge is 0.493 e. The third kappa shape index (κ3) is 3.73. The average Bonchev–Trinajstić information content (AvgIpc) is 3.35. The second kappa shape index (κ2) is 7.96. The molecule has 2 aromatic carbocycles. The number of fused-ring (bicyclic) bond motifs is 1. The molecule has 0 aliphatic rings. The molecule has 7 heteroatoms. The van der Waals surface area contributed by atoms with Crippen LogP contribution in [0, 0.1) is 0 Å². The number of nitrogens with zero attached hydrogens (tertiary/aromatic N) is 3. The molecule has 2 heterocycles. The summed E-state index contributed by atoms with van der Waals surface area (Å²) in [5, 5.41) is 7.28. The number of benzene rings is 2. The van der Waals surface area contributed by atoms with E-state index in [1.165, 1.54) is 7.11 Å². The van der Waals surface area contributed by atoms with Crippen molar-refractivity contribution in [2.24, 2.45) is 0 Å². The molecule has 0 spiro atoms. The maximum atomic E-state index is 12.5. The zero-order chi connectivity index (χ0) is 19.3. The topological polar surface area (TPSA) is 84.8 Å². The molecule has 28 heavy (non-hydrogen) atoms. The van der Waals surface area contributed by atoms with Gasteiger partial charge in [-0.3, -0.25) is 4.79 Å². The smallest absolute Gasteiger partial charge is 0.275 e. The van der Waals surface area contributed by atoms with Gasteiger partial charge in [-0.2, -0.15) is 5.10 Å². The van der Waals surface area contributed by atoms with Gasteiger partial charge in [0.2, 0.25) is 0 Å². The van der Waals surface area contributed by atoms with Crippen LogP contribution in [0.25, 0.3) is 16.7 Å². The van der Waals surface area contributed by atoms with Gasteiger partial charge in [0.1, 0.15) is 5.82 Å². The Labute approximate surface area is 162 Å². The summed E-state index contributed by atoms with van der Waals surface area (Å²) in [4.78, 5) is 20.4. The number of para-hydroxylation sites is 3. The van der Waals surface area contributed by atoms with Crippen molar-refractivity contribution in [2.45, 2.75) is 12.8 Å². The number of rotatable bonds is 7. The van der Waals surface area contributed by atoms with Crippen molar-refractivity contribution < 1.29 is 9.53 Å². The van der Waals surface area contributed by atoms with Crippen LogP contribution in [0.15, 0.2) is 60.8 Å². The molecule has 0 radical (unpaired) electrons.